The largest absolute Gasteiger partial charge is 0.492 e. The first-order valence-corrected chi connectivity index (χ1v) is 14.9. The van der Waals surface area contributed by atoms with Crippen LogP contribution in [0.3, 0.4) is 0 Å². The minimum Gasteiger partial charge on any atom is -0.492 e. The average molecular weight is 564 g/mol. The number of nitrogens with zero attached hydrogens (tertiary/aromatic N) is 1. The lowest BCUT2D eigenvalue weighted by atomic mass is 9.90. The van der Waals surface area contributed by atoms with Gasteiger partial charge in [-0.05, 0) is 83.0 Å². The first-order valence-electron chi connectivity index (χ1n) is 14.9. The van der Waals surface area contributed by atoms with E-state index in [1.165, 1.54) is 46.1 Å². The van der Waals surface area contributed by atoms with Crippen LogP contribution in [0, 0.1) is 0 Å². The average Bonchev–Trinajstić information content (AvgIpc) is 3.17. The van der Waals surface area contributed by atoms with Crippen molar-refractivity contribution in [1.29, 1.82) is 0 Å². The van der Waals surface area contributed by atoms with Crippen LogP contribution in [-0.2, 0) is 35.2 Å². The third-order valence-corrected chi connectivity index (χ3v) is 8.31. The van der Waals surface area contributed by atoms with E-state index in [1.807, 2.05) is 24.3 Å². The molecule has 0 bridgehead atoms. The third-order valence-electron chi connectivity index (χ3n) is 8.31. The Bertz CT molecular complexity index is 1480. The van der Waals surface area contributed by atoms with Gasteiger partial charge in [-0.15, -0.1) is 0 Å². The highest BCUT2D eigenvalue weighted by Crippen LogP contribution is 2.38. The van der Waals surface area contributed by atoms with Crippen LogP contribution in [0.4, 0.5) is 0 Å². The normalized spacial score (nSPS) is 15.0. The standard InChI is InChI=1S/C37H41NO4/c1-4-8-26-11-14-29-15-16-31-25-30(28-9-6-5-7-10-28)17-20-33(31)36(34(29)23-26)38(2)21-22-42-32-18-12-27(13-19-32)24-35(41-3)37(39)40/h5-7,9-14,17-20,23,25,35-36H,4,8,15-16,21-22,24H2,1-3H3,(H,39,40). The second-order valence-corrected chi connectivity index (χ2v) is 11.2. The Balaban J connectivity index is 1.36. The number of carboxylic acids is 1. The Labute approximate surface area is 249 Å². The molecule has 218 valence electrons. The van der Waals surface area contributed by atoms with Crippen LogP contribution in [0.2, 0.25) is 0 Å². The Kier molecular flexibility index (Phi) is 9.73. The minimum absolute atomic E-state index is 0.145. The summed E-state index contributed by atoms with van der Waals surface area (Å²) < 4.78 is 11.2. The van der Waals surface area contributed by atoms with E-state index < -0.39 is 12.1 Å². The van der Waals surface area contributed by atoms with Gasteiger partial charge in [0, 0.05) is 20.1 Å². The Morgan fingerprint density at radius 3 is 2.33 bits per heavy atom. The third kappa shape index (κ3) is 6.92. The summed E-state index contributed by atoms with van der Waals surface area (Å²) >= 11 is 0. The van der Waals surface area contributed by atoms with Crippen molar-refractivity contribution >= 4 is 5.97 Å². The SMILES string of the molecule is CCCc1ccc2c(c1)C(N(C)CCOc1ccc(CC(OC)C(=O)O)cc1)c1ccc(-c3ccccc3)cc1CC2. The number of ether oxygens (including phenoxy) is 2. The van der Waals surface area contributed by atoms with Gasteiger partial charge in [0.2, 0.25) is 0 Å². The van der Waals surface area contributed by atoms with Gasteiger partial charge >= 0.3 is 5.97 Å². The van der Waals surface area contributed by atoms with Crippen LogP contribution in [-0.4, -0.2) is 49.4 Å². The number of hydrogen-bond donors (Lipinski definition) is 1. The molecule has 0 heterocycles. The van der Waals surface area contributed by atoms with Gasteiger partial charge in [0.05, 0.1) is 6.04 Å². The van der Waals surface area contributed by atoms with Crippen molar-refractivity contribution in [3.8, 4) is 16.9 Å². The van der Waals surface area contributed by atoms with Crippen molar-refractivity contribution in [2.24, 2.45) is 0 Å². The summed E-state index contributed by atoms with van der Waals surface area (Å²) in [5.41, 5.74) is 10.4. The fourth-order valence-electron chi connectivity index (χ4n) is 6.03. The van der Waals surface area contributed by atoms with Crippen molar-refractivity contribution in [3.05, 3.63) is 124 Å². The molecule has 0 saturated carbocycles. The first-order chi connectivity index (χ1) is 20.5. The summed E-state index contributed by atoms with van der Waals surface area (Å²) in [5.74, 6) is -0.184. The number of aliphatic carboxylic acids is 1. The number of carboxylic acid groups (broad SMARTS) is 1. The van der Waals surface area contributed by atoms with Gasteiger partial charge < -0.3 is 14.6 Å². The van der Waals surface area contributed by atoms with E-state index in [1.54, 1.807) is 0 Å². The lowest BCUT2D eigenvalue weighted by Crippen LogP contribution is -2.30. The van der Waals surface area contributed by atoms with Gasteiger partial charge in [-0.3, -0.25) is 4.90 Å². The topological polar surface area (TPSA) is 59.0 Å². The number of carbonyl (C=O) groups is 1. The second-order valence-electron chi connectivity index (χ2n) is 11.2. The molecule has 0 spiro atoms. The molecule has 5 nitrogen and oxygen atoms in total. The molecule has 4 aromatic rings. The van der Waals surface area contributed by atoms with Crippen molar-refractivity contribution < 1.29 is 19.4 Å². The van der Waals surface area contributed by atoms with Gasteiger partial charge in [0.1, 0.15) is 12.4 Å². The molecule has 0 radical (unpaired) electrons. The highest BCUT2D eigenvalue weighted by molar-refractivity contribution is 5.72. The quantitative estimate of drug-likeness (QED) is 0.198. The maximum atomic E-state index is 11.3. The van der Waals surface area contributed by atoms with Gasteiger partial charge in [-0.1, -0.05) is 92.2 Å². The predicted molar refractivity (Wildman–Crippen MR) is 168 cm³/mol. The number of rotatable bonds is 12. The fourth-order valence-corrected chi connectivity index (χ4v) is 6.03. The zero-order valence-electron chi connectivity index (χ0n) is 24.9. The van der Waals surface area contributed by atoms with Gasteiger partial charge in [-0.25, -0.2) is 4.79 Å². The molecule has 0 fully saturated rings. The van der Waals surface area contributed by atoms with Crippen molar-refractivity contribution in [2.75, 3.05) is 27.3 Å². The molecule has 1 aliphatic carbocycles. The summed E-state index contributed by atoms with van der Waals surface area (Å²) in [6.45, 7) is 3.54. The highest BCUT2D eigenvalue weighted by Gasteiger charge is 2.27. The number of likely N-dealkylation sites (N-methyl/N-ethyl adjacent to an activating group) is 1. The highest BCUT2D eigenvalue weighted by atomic mass is 16.5. The van der Waals surface area contributed by atoms with E-state index in [4.69, 9.17) is 9.47 Å². The number of aryl methyl sites for hydroxylation is 3. The van der Waals surface area contributed by atoms with Crippen LogP contribution < -0.4 is 4.74 Å². The van der Waals surface area contributed by atoms with E-state index >= 15 is 0 Å². The number of benzene rings is 4. The molecule has 1 N–H and O–H groups in total. The van der Waals surface area contributed by atoms with Crippen molar-refractivity contribution in [1.82, 2.24) is 4.90 Å². The van der Waals surface area contributed by atoms with E-state index in [9.17, 15) is 9.90 Å². The van der Waals surface area contributed by atoms with Gasteiger partial charge in [0.15, 0.2) is 6.10 Å². The summed E-state index contributed by atoms with van der Waals surface area (Å²) in [6.07, 6.45) is 3.74. The summed E-state index contributed by atoms with van der Waals surface area (Å²) in [5, 5.41) is 9.26. The molecule has 42 heavy (non-hydrogen) atoms. The van der Waals surface area contributed by atoms with E-state index in [0.717, 1.165) is 43.5 Å². The van der Waals surface area contributed by atoms with Crippen LogP contribution in [0.1, 0.15) is 52.8 Å². The lowest BCUT2D eigenvalue weighted by molar-refractivity contribution is -0.148. The smallest absolute Gasteiger partial charge is 0.333 e. The van der Waals surface area contributed by atoms with E-state index in [2.05, 4.69) is 85.6 Å². The Morgan fingerprint density at radius 2 is 1.62 bits per heavy atom. The van der Waals surface area contributed by atoms with Crippen LogP contribution in [0.5, 0.6) is 5.75 Å². The summed E-state index contributed by atoms with van der Waals surface area (Å²) in [6, 6.07) is 32.5. The molecule has 2 atom stereocenters. The summed E-state index contributed by atoms with van der Waals surface area (Å²) in [4.78, 5) is 13.7. The van der Waals surface area contributed by atoms with Gasteiger partial charge in [0.25, 0.3) is 0 Å². The molecule has 4 aromatic carbocycles. The zero-order valence-corrected chi connectivity index (χ0v) is 24.9. The molecule has 1 aliphatic rings. The maximum Gasteiger partial charge on any atom is 0.333 e. The fraction of sp³-hybridized carbons (Fsp3) is 0.324. The maximum absolute atomic E-state index is 11.3. The molecule has 0 aliphatic heterocycles. The lowest BCUT2D eigenvalue weighted by Gasteiger charge is -2.31. The Morgan fingerprint density at radius 1 is 0.881 bits per heavy atom. The summed E-state index contributed by atoms with van der Waals surface area (Å²) in [7, 11) is 3.62. The van der Waals surface area contributed by atoms with Crippen LogP contribution >= 0.6 is 0 Å². The van der Waals surface area contributed by atoms with Crippen molar-refractivity contribution in [3.63, 3.8) is 0 Å². The minimum atomic E-state index is -0.958. The molecular weight excluding hydrogens is 522 g/mol. The van der Waals surface area contributed by atoms with Gasteiger partial charge in [-0.2, -0.15) is 0 Å². The molecule has 0 amide bonds. The monoisotopic (exact) mass is 563 g/mol. The van der Waals surface area contributed by atoms with Crippen LogP contribution in [0.25, 0.3) is 11.1 Å². The van der Waals surface area contributed by atoms with E-state index in [0.29, 0.717) is 13.0 Å². The molecule has 5 heteroatoms. The molecule has 5 rings (SSSR count). The molecule has 0 aromatic heterocycles. The van der Waals surface area contributed by atoms with Crippen LogP contribution in [0.15, 0.2) is 91.0 Å². The van der Waals surface area contributed by atoms with E-state index in [-0.39, 0.29) is 6.04 Å². The number of hydrogen-bond acceptors (Lipinski definition) is 4. The number of methoxy groups -OCH3 is 1. The van der Waals surface area contributed by atoms with Crippen molar-refractivity contribution in [2.45, 2.75) is 51.2 Å². The zero-order chi connectivity index (χ0) is 29.5. The molecular formula is C37H41NO4. The first kappa shape index (κ1) is 29.6. The number of fused-ring (bicyclic) bond motifs is 2. The Hall–Kier alpha value is -3.93. The predicted octanol–water partition coefficient (Wildman–Crippen LogP) is 7.15. The molecule has 2 unspecified atom stereocenters. The second kappa shape index (κ2) is 13.8. The molecule has 0 saturated heterocycles.